The first-order chi connectivity index (χ1) is 17.1. The Kier molecular flexibility index (Phi) is 6.73. The van der Waals surface area contributed by atoms with Gasteiger partial charge >= 0.3 is 6.18 Å². The number of aromatic nitrogens is 4. The number of pyridine rings is 2. The molecule has 3 heterocycles. The standard InChI is InChI=1S/C25H19F3N6O2/c1-14-3-4-18(33-24(36)20-10-17(6-8-30-20)25(26,27)28)11-19(14)22-13-29-12-21(34-22)16-5-7-31-23(9-16)32-15(2)35/h3-13H,1-2H3,(H,33,36)(H,31,32,35). The van der Waals surface area contributed by atoms with Crippen molar-refractivity contribution in [2.75, 3.05) is 10.6 Å². The van der Waals surface area contributed by atoms with Crippen molar-refractivity contribution >= 4 is 23.3 Å². The SMILES string of the molecule is CC(=O)Nc1cc(-c2cncc(-c3cc(NC(=O)c4cc(C(F)(F)F)ccn4)ccc3C)n2)ccn1. The van der Waals surface area contributed by atoms with E-state index in [1.807, 2.05) is 6.92 Å². The molecular weight excluding hydrogens is 473 g/mol. The first kappa shape index (κ1) is 24.5. The molecule has 0 unspecified atom stereocenters. The summed E-state index contributed by atoms with van der Waals surface area (Å²) in [5, 5.41) is 5.20. The van der Waals surface area contributed by atoms with E-state index in [1.54, 1.807) is 42.7 Å². The van der Waals surface area contributed by atoms with Gasteiger partial charge in [0, 0.05) is 36.1 Å². The number of alkyl halides is 3. The molecule has 0 spiro atoms. The van der Waals surface area contributed by atoms with Crippen LogP contribution in [0.4, 0.5) is 24.7 Å². The monoisotopic (exact) mass is 492 g/mol. The normalized spacial score (nSPS) is 11.1. The number of hydrogen-bond donors (Lipinski definition) is 2. The van der Waals surface area contributed by atoms with E-state index in [0.29, 0.717) is 40.1 Å². The summed E-state index contributed by atoms with van der Waals surface area (Å²) in [4.78, 5) is 40.7. The fourth-order valence-electron chi connectivity index (χ4n) is 3.38. The molecule has 0 radical (unpaired) electrons. The van der Waals surface area contributed by atoms with Gasteiger partial charge in [0.25, 0.3) is 5.91 Å². The number of rotatable bonds is 5. The van der Waals surface area contributed by atoms with Crippen molar-refractivity contribution in [1.82, 2.24) is 19.9 Å². The van der Waals surface area contributed by atoms with Crippen LogP contribution >= 0.6 is 0 Å². The zero-order valence-electron chi connectivity index (χ0n) is 19.1. The molecule has 0 atom stereocenters. The number of carbonyl (C=O) groups is 2. The van der Waals surface area contributed by atoms with Crippen LogP contribution in [-0.4, -0.2) is 31.8 Å². The quantitative estimate of drug-likeness (QED) is 0.399. The number of amides is 2. The van der Waals surface area contributed by atoms with Gasteiger partial charge in [0.2, 0.25) is 5.91 Å². The van der Waals surface area contributed by atoms with Crippen molar-refractivity contribution in [2.45, 2.75) is 20.0 Å². The van der Waals surface area contributed by atoms with Gasteiger partial charge in [0.15, 0.2) is 0 Å². The highest BCUT2D eigenvalue weighted by molar-refractivity contribution is 6.03. The van der Waals surface area contributed by atoms with Gasteiger partial charge in [-0.2, -0.15) is 13.2 Å². The van der Waals surface area contributed by atoms with Crippen molar-refractivity contribution < 1.29 is 22.8 Å². The largest absolute Gasteiger partial charge is 0.416 e. The Bertz CT molecular complexity index is 1460. The average molecular weight is 492 g/mol. The minimum atomic E-state index is -4.59. The molecule has 8 nitrogen and oxygen atoms in total. The lowest BCUT2D eigenvalue weighted by atomic mass is 10.0. The fraction of sp³-hybridized carbons (Fsp3) is 0.120. The number of nitrogens with zero attached hydrogens (tertiary/aromatic N) is 4. The maximum Gasteiger partial charge on any atom is 0.416 e. The first-order valence-electron chi connectivity index (χ1n) is 10.6. The molecular formula is C25H19F3N6O2. The maximum atomic E-state index is 13.0. The van der Waals surface area contributed by atoms with E-state index in [0.717, 1.165) is 17.8 Å². The second-order valence-corrected chi connectivity index (χ2v) is 7.81. The van der Waals surface area contributed by atoms with Gasteiger partial charge in [0.1, 0.15) is 11.5 Å². The van der Waals surface area contributed by atoms with E-state index in [9.17, 15) is 22.8 Å². The van der Waals surface area contributed by atoms with Gasteiger partial charge in [-0.25, -0.2) is 9.97 Å². The third-order valence-electron chi connectivity index (χ3n) is 5.09. The highest BCUT2D eigenvalue weighted by atomic mass is 19.4. The summed E-state index contributed by atoms with van der Waals surface area (Å²) in [6, 6.07) is 9.93. The maximum absolute atomic E-state index is 13.0. The lowest BCUT2D eigenvalue weighted by molar-refractivity contribution is -0.137. The molecule has 0 saturated carbocycles. The topological polar surface area (TPSA) is 110 Å². The van der Waals surface area contributed by atoms with Gasteiger partial charge in [-0.3, -0.25) is 19.6 Å². The van der Waals surface area contributed by atoms with Gasteiger partial charge in [0.05, 0.1) is 29.3 Å². The van der Waals surface area contributed by atoms with E-state index in [1.165, 1.54) is 13.1 Å². The van der Waals surface area contributed by atoms with E-state index >= 15 is 0 Å². The summed E-state index contributed by atoms with van der Waals surface area (Å²) < 4.78 is 38.9. The van der Waals surface area contributed by atoms with Crippen LogP contribution in [0.5, 0.6) is 0 Å². The lowest BCUT2D eigenvalue weighted by Gasteiger charge is -2.12. The summed E-state index contributed by atoms with van der Waals surface area (Å²) in [5.74, 6) is -0.663. The van der Waals surface area contributed by atoms with Crippen LogP contribution in [0.3, 0.4) is 0 Å². The molecule has 0 aliphatic carbocycles. The van der Waals surface area contributed by atoms with Gasteiger partial charge < -0.3 is 10.6 Å². The Morgan fingerprint density at radius 2 is 1.64 bits per heavy atom. The molecule has 2 amide bonds. The van der Waals surface area contributed by atoms with E-state index in [-0.39, 0.29) is 11.6 Å². The van der Waals surface area contributed by atoms with Crippen LogP contribution in [0.25, 0.3) is 22.5 Å². The van der Waals surface area contributed by atoms with E-state index in [4.69, 9.17) is 0 Å². The number of halogens is 3. The molecule has 0 fully saturated rings. The third-order valence-corrected chi connectivity index (χ3v) is 5.09. The van der Waals surface area contributed by atoms with Crippen molar-refractivity contribution in [3.05, 3.63) is 84.1 Å². The van der Waals surface area contributed by atoms with Crippen LogP contribution in [0.1, 0.15) is 28.5 Å². The van der Waals surface area contributed by atoms with Crippen LogP contribution in [0.2, 0.25) is 0 Å². The summed E-state index contributed by atoms with van der Waals surface area (Å²) >= 11 is 0. The summed E-state index contributed by atoms with van der Waals surface area (Å²) in [5.41, 5.74) is 2.25. The first-order valence-corrected chi connectivity index (χ1v) is 10.6. The minimum absolute atomic E-state index is 0.255. The summed E-state index contributed by atoms with van der Waals surface area (Å²) in [7, 11) is 0. The second kappa shape index (κ2) is 9.90. The highest BCUT2D eigenvalue weighted by Crippen LogP contribution is 2.30. The Morgan fingerprint density at radius 3 is 2.39 bits per heavy atom. The fourth-order valence-corrected chi connectivity index (χ4v) is 3.38. The smallest absolute Gasteiger partial charge is 0.321 e. The molecule has 0 aliphatic heterocycles. The number of hydrogen-bond acceptors (Lipinski definition) is 6. The summed E-state index contributed by atoms with van der Waals surface area (Å²) in [6.07, 6.45) is 1.02. The number of nitrogens with one attached hydrogen (secondary N) is 2. The average Bonchev–Trinajstić information content (AvgIpc) is 2.84. The molecule has 2 N–H and O–H groups in total. The highest BCUT2D eigenvalue weighted by Gasteiger charge is 2.31. The molecule has 4 rings (SSSR count). The molecule has 11 heteroatoms. The van der Waals surface area contributed by atoms with Crippen LogP contribution in [0.15, 0.2) is 67.3 Å². The molecule has 4 aromatic rings. The molecule has 0 saturated heterocycles. The Morgan fingerprint density at radius 1 is 0.889 bits per heavy atom. The zero-order chi connectivity index (χ0) is 25.9. The van der Waals surface area contributed by atoms with E-state index in [2.05, 4.69) is 30.6 Å². The third kappa shape index (κ3) is 5.69. The molecule has 182 valence electrons. The lowest BCUT2D eigenvalue weighted by Crippen LogP contribution is -2.15. The molecule has 0 aliphatic rings. The Balaban J connectivity index is 1.62. The Labute approximate surface area is 203 Å². The molecule has 0 bridgehead atoms. The van der Waals surface area contributed by atoms with Crippen LogP contribution < -0.4 is 10.6 Å². The predicted octanol–water partition coefficient (Wildman–Crippen LogP) is 5.14. The summed E-state index contributed by atoms with van der Waals surface area (Å²) in [6.45, 7) is 3.23. The number of carbonyl (C=O) groups excluding carboxylic acids is 2. The van der Waals surface area contributed by atoms with Crippen molar-refractivity contribution in [2.24, 2.45) is 0 Å². The molecule has 36 heavy (non-hydrogen) atoms. The number of aryl methyl sites for hydroxylation is 1. The van der Waals surface area contributed by atoms with Gasteiger partial charge in [-0.1, -0.05) is 6.07 Å². The van der Waals surface area contributed by atoms with Crippen LogP contribution in [0, 0.1) is 6.92 Å². The van der Waals surface area contributed by atoms with Crippen molar-refractivity contribution in [3.63, 3.8) is 0 Å². The zero-order valence-corrected chi connectivity index (χ0v) is 19.1. The van der Waals surface area contributed by atoms with E-state index < -0.39 is 17.6 Å². The second-order valence-electron chi connectivity index (χ2n) is 7.81. The van der Waals surface area contributed by atoms with Crippen molar-refractivity contribution in [1.29, 1.82) is 0 Å². The van der Waals surface area contributed by atoms with Crippen LogP contribution in [-0.2, 0) is 11.0 Å². The molecule has 3 aromatic heterocycles. The Hall–Kier alpha value is -4.67. The number of benzene rings is 1. The van der Waals surface area contributed by atoms with Crippen molar-refractivity contribution in [3.8, 4) is 22.5 Å². The minimum Gasteiger partial charge on any atom is -0.321 e. The van der Waals surface area contributed by atoms with Gasteiger partial charge in [-0.05, 0) is 48.9 Å². The predicted molar refractivity (Wildman–Crippen MR) is 127 cm³/mol. The van der Waals surface area contributed by atoms with Gasteiger partial charge in [-0.15, -0.1) is 0 Å². The molecule has 1 aromatic carbocycles. The number of anilines is 2.